The van der Waals surface area contributed by atoms with Crippen molar-refractivity contribution in [1.82, 2.24) is 0 Å². The Morgan fingerprint density at radius 2 is 2.17 bits per heavy atom. The van der Waals surface area contributed by atoms with Gasteiger partial charge in [-0.25, -0.2) is 0 Å². The second-order valence-corrected chi connectivity index (χ2v) is 3.23. The van der Waals surface area contributed by atoms with Crippen LogP contribution in [0.1, 0.15) is 5.56 Å². The van der Waals surface area contributed by atoms with E-state index in [1.165, 1.54) is 11.8 Å². The Kier molecular flexibility index (Phi) is 3.65. The zero-order chi connectivity index (χ0) is 8.81. The highest BCUT2D eigenvalue weighted by Crippen LogP contribution is 2.21. The third-order valence-corrected chi connectivity index (χ3v) is 2.42. The number of hydrogen-bond acceptors (Lipinski definition) is 3. The van der Waals surface area contributed by atoms with Gasteiger partial charge in [-0.2, -0.15) is 5.26 Å². The summed E-state index contributed by atoms with van der Waals surface area (Å²) in [6.45, 7) is 0.0363. The maximum absolute atomic E-state index is 8.92. The summed E-state index contributed by atoms with van der Waals surface area (Å²) in [6.07, 6.45) is 0. The molecule has 1 rings (SSSR count). The normalized spacial score (nSPS) is 9.33. The van der Waals surface area contributed by atoms with E-state index in [4.69, 9.17) is 10.4 Å². The first-order chi connectivity index (χ1) is 5.88. The van der Waals surface area contributed by atoms with Crippen molar-refractivity contribution in [2.75, 3.05) is 5.75 Å². The highest BCUT2D eigenvalue weighted by atomic mass is 32.2. The molecule has 1 N–H and O–H groups in total. The topological polar surface area (TPSA) is 44.0 Å². The zero-order valence-corrected chi connectivity index (χ0v) is 7.34. The summed E-state index contributed by atoms with van der Waals surface area (Å²) in [5, 5.41) is 17.3. The quantitative estimate of drug-likeness (QED) is 0.719. The molecule has 0 saturated heterocycles. The Balaban J connectivity index is 2.76. The van der Waals surface area contributed by atoms with Crippen LogP contribution in [0.15, 0.2) is 29.2 Å². The van der Waals surface area contributed by atoms with Gasteiger partial charge in [-0.3, -0.25) is 0 Å². The highest BCUT2D eigenvalue weighted by molar-refractivity contribution is 7.99. The summed E-state index contributed by atoms with van der Waals surface area (Å²) >= 11 is 1.45. The van der Waals surface area contributed by atoms with Crippen molar-refractivity contribution in [3.05, 3.63) is 29.8 Å². The minimum Gasteiger partial charge on any atom is -0.392 e. The molecule has 0 amide bonds. The van der Waals surface area contributed by atoms with Crippen LogP contribution in [0, 0.1) is 11.3 Å². The molecule has 0 saturated carbocycles. The Morgan fingerprint density at radius 1 is 1.42 bits per heavy atom. The minimum atomic E-state index is 0.0363. The standard InChI is InChI=1S/C9H9NOS/c10-5-6-12-9-4-2-1-3-8(9)7-11/h1-4,11H,6-7H2. The SMILES string of the molecule is N#CCSc1ccccc1CO. The van der Waals surface area contributed by atoms with Gasteiger partial charge in [0.25, 0.3) is 0 Å². The smallest absolute Gasteiger partial charge is 0.0855 e. The molecule has 12 heavy (non-hydrogen) atoms. The van der Waals surface area contributed by atoms with E-state index < -0.39 is 0 Å². The van der Waals surface area contributed by atoms with E-state index in [0.29, 0.717) is 5.75 Å². The predicted octanol–water partition coefficient (Wildman–Crippen LogP) is 1.79. The Bertz CT molecular complexity index is 293. The van der Waals surface area contributed by atoms with Gasteiger partial charge in [-0.05, 0) is 11.6 Å². The van der Waals surface area contributed by atoms with Crippen molar-refractivity contribution in [2.45, 2.75) is 11.5 Å². The second kappa shape index (κ2) is 4.81. The molecule has 0 aliphatic rings. The molecule has 0 bridgehead atoms. The van der Waals surface area contributed by atoms with Crippen LogP contribution >= 0.6 is 11.8 Å². The molecule has 0 heterocycles. The summed E-state index contributed by atoms with van der Waals surface area (Å²) in [6, 6.07) is 9.60. The molecule has 1 aromatic carbocycles. The van der Waals surface area contributed by atoms with Crippen LogP contribution in [0.4, 0.5) is 0 Å². The monoisotopic (exact) mass is 179 g/mol. The van der Waals surface area contributed by atoms with Crippen LogP contribution in [-0.4, -0.2) is 10.9 Å². The van der Waals surface area contributed by atoms with Gasteiger partial charge in [0.05, 0.1) is 18.4 Å². The molecule has 1 aromatic rings. The third-order valence-electron chi connectivity index (χ3n) is 1.44. The molecule has 0 fully saturated rings. The molecule has 3 heteroatoms. The molecule has 2 nitrogen and oxygen atoms in total. The van der Waals surface area contributed by atoms with Gasteiger partial charge >= 0.3 is 0 Å². The number of aliphatic hydroxyl groups is 1. The number of nitrogens with zero attached hydrogens (tertiary/aromatic N) is 1. The number of hydrogen-bond donors (Lipinski definition) is 1. The lowest BCUT2D eigenvalue weighted by molar-refractivity contribution is 0.279. The molecule has 0 spiro atoms. The largest absolute Gasteiger partial charge is 0.392 e. The van der Waals surface area contributed by atoms with E-state index in [1.54, 1.807) is 0 Å². The van der Waals surface area contributed by atoms with Crippen molar-refractivity contribution in [2.24, 2.45) is 0 Å². The van der Waals surface area contributed by atoms with Gasteiger partial charge < -0.3 is 5.11 Å². The average molecular weight is 179 g/mol. The Hall–Kier alpha value is -0.980. The van der Waals surface area contributed by atoms with Crippen LogP contribution < -0.4 is 0 Å². The number of nitriles is 1. The van der Waals surface area contributed by atoms with Crippen molar-refractivity contribution in [1.29, 1.82) is 5.26 Å². The van der Waals surface area contributed by atoms with E-state index in [0.717, 1.165) is 10.5 Å². The first kappa shape index (κ1) is 9.11. The van der Waals surface area contributed by atoms with E-state index in [9.17, 15) is 0 Å². The van der Waals surface area contributed by atoms with Crippen LogP contribution in [0.25, 0.3) is 0 Å². The van der Waals surface area contributed by atoms with Gasteiger partial charge in [0.2, 0.25) is 0 Å². The van der Waals surface area contributed by atoms with E-state index in [-0.39, 0.29) is 6.61 Å². The first-order valence-electron chi connectivity index (χ1n) is 3.57. The van der Waals surface area contributed by atoms with Crippen LogP contribution in [-0.2, 0) is 6.61 Å². The molecular weight excluding hydrogens is 170 g/mol. The Morgan fingerprint density at radius 3 is 2.83 bits per heavy atom. The summed E-state index contributed by atoms with van der Waals surface area (Å²) in [5.74, 6) is 0.428. The van der Waals surface area contributed by atoms with Gasteiger partial charge in [-0.15, -0.1) is 11.8 Å². The lowest BCUT2D eigenvalue weighted by Gasteiger charge is -2.02. The molecule has 0 aliphatic carbocycles. The summed E-state index contributed by atoms with van der Waals surface area (Å²) in [5.41, 5.74) is 0.887. The lowest BCUT2D eigenvalue weighted by atomic mass is 10.2. The lowest BCUT2D eigenvalue weighted by Crippen LogP contribution is -1.86. The minimum absolute atomic E-state index is 0.0363. The first-order valence-corrected chi connectivity index (χ1v) is 4.55. The van der Waals surface area contributed by atoms with Crippen LogP contribution in [0.5, 0.6) is 0 Å². The molecule has 0 aliphatic heterocycles. The molecule has 0 radical (unpaired) electrons. The fourth-order valence-electron chi connectivity index (χ4n) is 0.885. The third kappa shape index (κ3) is 2.26. The van der Waals surface area contributed by atoms with E-state index in [1.807, 2.05) is 30.3 Å². The zero-order valence-electron chi connectivity index (χ0n) is 6.53. The summed E-state index contributed by atoms with van der Waals surface area (Å²) in [7, 11) is 0. The number of rotatable bonds is 3. The van der Waals surface area contributed by atoms with Crippen molar-refractivity contribution < 1.29 is 5.11 Å². The van der Waals surface area contributed by atoms with Gasteiger partial charge in [-0.1, -0.05) is 18.2 Å². The predicted molar refractivity (Wildman–Crippen MR) is 48.7 cm³/mol. The number of benzene rings is 1. The van der Waals surface area contributed by atoms with E-state index in [2.05, 4.69) is 0 Å². The maximum atomic E-state index is 8.92. The van der Waals surface area contributed by atoms with Crippen molar-refractivity contribution in [3.8, 4) is 6.07 Å². The van der Waals surface area contributed by atoms with Gasteiger partial charge in [0.15, 0.2) is 0 Å². The fourth-order valence-corrected chi connectivity index (χ4v) is 1.60. The van der Waals surface area contributed by atoms with Crippen LogP contribution in [0.2, 0.25) is 0 Å². The number of aliphatic hydroxyl groups excluding tert-OH is 1. The number of thioether (sulfide) groups is 1. The molecule has 0 unspecified atom stereocenters. The fraction of sp³-hybridized carbons (Fsp3) is 0.222. The van der Waals surface area contributed by atoms with E-state index >= 15 is 0 Å². The molecular formula is C9H9NOS. The maximum Gasteiger partial charge on any atom is 0.0855 e. The summed E-state index contributed by atoms with van der Waals surface area (Å²) in [4.78, 5) is 0.988. The highest BCUT2D eigenvalue weighted by Gasteiger charge is 1.99. The van der Waals surface area contributed by atoms with Crippen molar-refractivity contribution in [3.63, 3.8) is 0 Å². The van der Waals surface area contributed by atoms with Gasteiger partial charge in [0, 0.05) is 4.90 Å². The molecule has 0 atom stereocenters. The Labute approximate surface area is 75.8 Å². The average Bonchev–Trinajstić information content (AvgIpc) is 2.15. The van der Waals surface area contributed by atoms with Crippen molar-refractivity contribution >= 4 is 11.8 Å². The van der Waals surface area contributed by atoms with Gasteiger partial charge in [0.1, 0.15) is 0 Å². The molecule has 62 valence electrons. The summed E-state index contributed by atoms with van der Waals surface area (Å²) < 4.78 is 0. The second-order valence-electron chi connectivity index (χ2n) is 2.21. The molecule has 0 aromatic heterocycles. The van der Waals surface area contributed by atoms with Crippen LogP contribution in [0.3, 0.4) is 0 Å².